The van der Waals surface area contributed by atoms with Gasteiger partial charge in [-0.1, -0.05) is 23.4 Å². The molecular formula is C13H13NO3. The van der Waals surface area contributed by atoms with Gasteiger partial charge >= 0.3 is 5.97 Å². The van der Waals surface area contributed by atoms with Gasteiger partial charge in [0.05, 0.1) is 11.3 Å². The third-order valence-corrected chi connectivity index (χ3v) is 3.57. The number of benzene rings is 1. The molecule has 1 fully saturated rings. The van der Waals surface area contributed by atoms with Gasteiger partial charge < -0.3 is 9.94 Å². The van der Waals surface area contributed by atoms with Gasteiger partial charge in [-0.2, -0.15) is 0 Å². The van der Waals surface area contributed by atoms with Gasteiger partial charge in [0.25, 0.3) is 0 Å². The van der Waals surface area contributed by atoms with Crippen LogP contribution in [-0.4, -0.2) is 22.4 Å². The lowest BCUT2D eigenvalue weighted by Gasteiger charge is -2.34. The van der Waals surface area contributed by atoms with Crippen LogP contribution in [0.3, 0.4) is 0 Å². The molecule has 3 rings (SSSR count). The minimum Gasteiger partial charge on any atom is -0.478 e. The summed E-state index contributed by atoms with van der Waals surface area (Å²) in [5.74, 6) is -0.919. The summed E-state index contributed by atoms with van der Waals surface area (Å²) in [4.78, 5) is 16.6. The van der Waals surface area contributed by atoms with E-state index in [-0.39, 0.29) is 5.60 Å². The summed E-state index contributed by atoms with van der Waals surface area (Å²) in [6.45, 7) is 0. The highest BCUT2D eigenvalue weighted by atomic mass is 16.7. The zero-order valence-electron chi connectivity index (χ0n) is 9.35. The second-order valence-electron chi connectivity index (χ2n) is 4.69. The van der Waals surface area contributed by atoms with Crippen molar-refractivity contribution < 1.29 is 14.7 Å². The normalized spacial score (nSPS) is 20.6. The zero-order chi connectivity index (χ0) is 11.9. The third-order valence-electron chi connectivity index (χ3n) is 3.57. The molecule has 1 aromatic carbocycles. The van der Waals surface area contributed by atoms with E-state index in [4.69, 9.17) is 9.94 Å². The molecule has 0 saturated heterocycles. The molecule has 1 aliphatic heterocycles. The van der Waals surface area contributed by atoms with E-state index in [1.165, 1.54) is 6.42 Å². The Kier molecular flexibility index (Phi) is 2.18. The van der Waals surface area contributed by atoms with Crippen molar-refractivity contribution >= 4 is 11.7 Å². The molecule has 0 unspecified atom stereocenters. The van der Waals surface area contributed by atoms with E-state index in [1.54, 1.807) is 18.2 Å². The fourth-order valence-corrected chi connectivity index (χ4v) is 2.43. The van der Waals surface area contributed by atoms with Crippen LogP contribution >= 0.6 is 0 Å². The average molecular weight is 231 g/mol. The molecule has 0 bridgehead atoms. The molecule has 88 valence electrons. The van der Waals surface area contributed by atoms with Gasteiger partial charge in [0.15, 0.2) is 0 Å². The standard InChI is InChI=1S/C13H13NO3/c15-12(16)10-5-2-1-4-9(10)11-8-13(17-14-11)6-3-7-13/h1-2,4-5H,3,6-8H2,(H,15,16). The molecule has 4 nitrogen and oxygen atoms in total. The lowest BCUT2D eigenvalue weighted by Crippen LogP contribution is -2.37. The number of oxime groups is 1. The Morgan fingerprint density at radius 3 is 2.71 bits per heavy atom. The Bertz CT molecular complexity index is 503. The fraction of sp³-hybridized carbons (Fsp3) is 0.385. The summed E-state index contributed by atoms with van der Waals surface area (Å²) in [7, 11) is 0. The molecule has 0 radical (unpaired) electrons. The number of rotatable bonds is 2. The lowest BCUT2D eigenvalue weighted by molar-refractivity contribution is -0.0755. The second-order valence-corrected chi connectivity index (χ2v) is 4.69. The number of aromatic carboxylic acids is 1. The largest absolute Gasteiger partial charge is 0.478 e. The van der Waals surface area contributed by atoms with Crippen molar-refractivity contribution in [1.29, 1.82) is 0 Å². The highest BCUT2D eigenvalue weighted by Crippen LogP contribution is 2.43. The van der Waals surface area contributed by atoms with E-state index < -0.39 is 5.97 Å². The van der Waals surface area contributed by atoms with Crippen molar-refractivity contribution in [2.75, 3.05) is 0 Å². The number of nitrogens with zero attached hydrogens (tertiary/aromatic N) is 1. The Labute approximate surface area is 98.9 Å². The molecule has 1 heterocycles. The molecule has 2 aliphatic rings. The summed E-state index contributed by atoms with van der Waals surface area (Å²) < 4.78 is 0. The van der Waals surface area contributed by atoms with Crippen LogP contribution in [0.5, 0.6) is 0 Å². The van der Waals surface area contributed by atoms with E-state index >= 15 is 0 Å². The molecule has 1 N–H and O–H groups in total. The predicted molar refractivity (Wildman–Crippen MR) is 62.2 cm³/mol. The number of hydrogen-bond acceptors (Lipinski definition) is 3. The smallest absolute Gasteiger partial charge is 0.336 e. The summed E-state index contributed by atoms with van der Waals surface area (Å²) in [5.41, 5.74) is 1.62. The van der Waals surface area contributed by atoms with Crippen molar-refractivity contribution in [1.82, 2.24) is 0 Å². The SMILES string of the molecule is O=C(O)c1ccccc1C1=NOC2(CCC2)C1. The monoisotopic (exact) mass is 231 g/mol. The van der Waals surface area contributed by atoms with Crippen LogP contribution in [0.4, 0.5) is 0 Å². The van der Waals surface area contributed by atoms with Crippen molar-refractivity contribution in [2.24, 2.45) is 5.16 Å². The first-order valence-corrected chi connectivity index (χ1v) is 5.78. The quantitative estimate of drug-likeness (QED) is 0.850. The first-order valence-electron chi connectivity index (χ1n) is 5.78. The molecule has 1 aliphatic carbocycles. The van der Waals surface area contributed by atoms with Crippen LogP contribution < -0.4 is 0 Å². The number of hydrogen-bond donors (Lipinski definition) is 1. The summed E-state index contributed by atoms with van der Waals surface area (Å²) in [5, 5.41) is 13.2. The maximum Gasteiger partial charge on any atom is 0.336 e. The second kappa shape index (κ2) is 3.58. The zero-order valence-corrected chi connectivity index (χ0v) is 9.35. The molecule has 1 saturated carbocycles. The summed E-state index contributed by atoms with van der Waals surface area (Å²) in [6.07, 6.45) is 3.95. The summed E-state index contributed by atoms with van der Waals surface area (Å²) >= 11 is 0. The minimum absolute atomic E-state index is 0.124. The number of carboxylic acids is 1. The van der Waals surface area contributed by atoms with Gasteiger partial charge in [0.1, 0.15) is 5.60 Å². The van der Waals surface area contributed by atoms with E-state index in [0.717, 1.165) is 25.0 Å². The summed E-state index contributed by atoms with van der Waals surface area (Å²) in [6, 6.07) is 6.95. The highest BCUT2D eigenvalue weighted by Gasteiger charge is 2.45. The molecule has 4 heteroatoms. The van der Waals surface area contributed by atoms with Crippen molar-refractivity contribution in [3.8, 4) is 0 Å². The minimum atomic E-state index is -0.919. The topological polar surface area (TPSA) is 58.9 Å². The fourth-order valence-electron chi connectivity index (χ4n) is 2.43. The van der Waals surface area contributed by atoms with Gasteiger partial charge in [-0.05, 0) is 25.3 Å². The van der Waals surface area contributed by atoms with Gasteiger partial charge in [0.2, 0.25) is 0 Å². The van der Waals surface area contributed by atoms with Gasteiger partial charge in [-0.25, -0.2) is 4.79 Å². The molecular weight excluding hydrogens is 218 g/mol. The van der Waals surface area contributed by atoms with Gasteiger partial charge in [-0.3, -0.25) is 0 Å². The van der Waals surface area contributed by atoms with Crippen LogP contribution in [0.25, 0.3) is 0 Å². The Morgan fingerprint density at radius 1 is 1.35 bits per heavy atom. The van der Waals surface area contributed by atoms with E-state index in [2.05, 4.69) is 5.16 Å². The van der Waals surface area contributed by atoms with E-state index in [1.807, 2.05) is 6.07 Å². The van der Waals surface area contributed by atoms with Crippen LogP contribution in [0.1, 0.15) is 41.6 Å². The number of carbonyl (C=O) groups is 1. The van der Waals surface area contributed by atoms with Crippen molar-refractivity contribution in [3.63, 3.8) is 0 Å². The molecule has 0 atom stereocenters. The highest BCUT2D eigenvalue weighted by molar-refractivity contribution is 6.09. The Morgan fingerprint density at radius 2 is 2.12 bits per heavy atom. The van der Waals surface area contributed by atoms with Crippen LogP contribution in [-0.2, 0) is 4.84 Å². The maximum atomic E-state index is 11.1. The molecule has 1 spiro atoms. The van der Waals surface area contributed by atoms with Gasteiger partial charge in [0, 0.05) is 12.0 Å². The van der Waals surface area contributed by atoms with Crippen LogP contribution in [0.15, 0.2) is 29.4 Å². The third kappa shape index (κ3) is 1.60. The van der Waals surface area contributed by atoms with Crippen molar-refractivity contribution in [3.05, 3.63) is 35.4 Å². The molecule has 17 heavy (non-hydrogen) atoms. The molecule has 1 aromatic rings. The lowest BCUT2D eigenvalue weighted by atomic mass is 9.76. The molecule has 0 amide bonds. The van der Waals surface area contributed by atoms with Crippen LogP contribution in [0.2, 0.25) is 0 Å². The Hall–Kier alpha value is -1.84. The van der Waals surface area contributed by atoms with E-state index in [9.17, 15) is 4.79 Å². The van der Waals surface area contributed by atoms with Crippen molar-refractivity contribution in [2.45, 2.75) is 31.3 Å². The predicted octanol–water partition coefficient (Wildman–Crippen LogP) is 2.43. The first kappa shape index (κ1) is 10.3. The van der Waals surface area contributed by atoms with Gasteiger partial charge in [-0.15, -0.1) is 0 Å². The average Bonchev–Trinajstić information content (AvgIpc) is 2.73. The van der Waals surface area contributed by atoms with E-state index in [0.29, 0.717) is 11.1 Å². The molecule has 0 aromatic heterocycles. The number of carboxylic acid groups (broad SMARTS) is 1. The Balaban J connectivity index is 1.92. The first-order chi connectivity index (χ1) is 8.20. The maximum absolute atomic E-state index is 11.1. The van der Waals surface area contributed by atoms with Crippen LogP contribution in [0, 0.1) is 0 Å².